The second-order valence-electron chi connectivity index (χ2n) is 3.38. The van der Waals surface area contributed by atoms with Gasteiger partial charge in [0.2, 0.25) is 0 Å². The summed E-state index contributed by atoms with van der Waals surface area (Å²) in [5.74, 6) is -0.630. The maximum absolute atomic E-state index is 10.9. The molecule has 2 N–H and O–H groups in total. The predicted octanol–water partition coefficient (Wildman–Crippen LogP) is 2.13. The fraction of sp³-hybridized carbons (Fsp3) is 0.154. The van der Waals surface area contributed by atoms with Crippen LogP contribution in [0.1, 0.15) is 17.3 Å². The van der Waals surface area contributed by atoms with E-state index in [9.17, 15) is 4.79 Å². The minimum atomic E-state index is -1.07. The molecule has 1 aromatic rings. The van der Waals surface area contributed by atoms with Gasteiger partial charge in [-0.05, 0) is 25.1 Å². The molecular formula is C13H11N3O3. The van der Waals surface area contributed by atoms with E-state index >= 15 is 0 Å². The summed E-state index contributed by atoms with van der Waals surface area (Å²) in [5.41, 5.74) is 0.336. The molecule has 0 aliphatic heterocycles. The van der Waals surface area contributed by atoms with Crippen LogP contribution in [-0.2, 0) is 0 Å². The average molecular weight is 257 g/mol. The van der Waals surface area contributed by atoms with Gasteiger partial charge in [-0.15, -0.1) is 0 Å². The molecule has 0 fully saturated rings. The number of anilines is 1. The number of aromatic carboxylic acids is 1. The topological polar surface area (TPSA) is 106 Å². The molecule has 0 aliphatic rings. The van der Waals surface area contributed by atoms with Crippen molar-refractivity contribution in [2.45, 2.75) is 6.92 Å². The normalized spacial score (nSPS) is 8.79. The minimum absolute atomic E-state index is 0.0785. The number of nitriles is 2. The van der Waals surface area contributed by atoms with E-state index < -0.39 is 5.97 Å². The molecule has 0 aromatic heterocycles. The number of ether oxygens (including phenoxy) is 1. The molecule has 0 unspecified atom stereocenters. The van der Waals surface area contributed by atoms with Gasteiger partial charge >= 0.3 is 5.97 Å². The van der Waals surface area contributed by atoms with Crippen LogP contribution in [0.5, 0.6) is 5.75 Å². The third-order valence-electron chi connectivity index (χ3n) is 2.14. The molecule has 96 valence electrons. The molecule has 0 aliphatic carbocycles. The van der Waals surface area contributed by atoms with Gasteiger partial charge in [0.15, 0.2) is 0 Å². The van der Waals surface area contributed by atoms with Crippen LogP contribution < -0.4 is 10.1 Å². The molecule has 0 bridgehead atoms. The van der Waals surface area contributed by atoms with E-state index in [0.29, 0.717) is 18.0 Å². The van der Waals surface area contributed by atoms with Crippen molar-refractivity contribution in [2.75, 3.05) is 11.9 Å². The van der Waals surface area contributed by atoms with Gasteiger partial charge in [0.05, 0.1) is 17.9 Å². The van der Waals surface area contributed by atoms with E-state index in [4.69, 9.17) is 20.4 Å². The molecular weight excluding hydrogens is 246 g/mol. The first kappa shape index (κ1) is 14.1. The first-order valence-corrected chi connectivity index (χ1v) is 5.39. The molecule has 6 heteroatoms. The molecule has 0 amide bonds. The van der Waals surface area contributed by atoms with Gasteiger partial charge in [-0.2, -0.15) is 10.5 Å². The molecule has 1 rings (SSSR count). The summed E-state index contributed by atoms with van der Waals surface area (Å²) < 4.78 is 5.32. The lowest BCUT2D eigenvalue weighted by Gasteiger charge is -2.10. The Morgan fingerprint density at radius 3 is 2.68 bits per heavy atom. The van der Waals surface area contributed by atoms with Gasteiger partial charge in [0.1, 0.15) is 23.5 Å². The Labute approximate surface area is 110 Å². The highest BCUT2D eigenvalue weighted by molar-refractivity contribution is 5.89. The molecule has 6 nitrogen and oxygen atoms in total. The Balaban J connectivity index is 3.12. The first-order chi connectivity index (χ1) is 9.12. The number of rotatable bonds is 5. The van der Waals surface area contributed by atoms with E-state index in [2.05, 4.69) is 5.32 Å². The van der Waals surface area contributed by atoms with Crippen molar-refractivity contribution in [1.29, 1.82) is 10.5 Å². The SMILES string of the molecule is CCOc1ccc(C(=O)O)cc1NC=C(C#N)C#N. The van der Waals surface area contributed by atoms with Gasteiger partial charge < -0.3 is 15.2 Å². The van der Waals surface area contributed by atoms with Crippen molar-refractivity contribution in [3.8, 4) is 17.9 Å². The molecule has 0 saturated heterocycles. The van der Waals surface area contributed by atoms with Crippen LogP contribution in [0.4, 0.5) is 5.69 Å². The van der Waals surface area contributed by atoms with Gasteiger partial charge in [-0.1, -0.05) is 0 Å². The van der Waals surface area contributed by atoms with Crippen molar-refractivity contribution in [3.05, 3.63) is 35.5 Å². The summed E-state index contributed by atoms with van der Waals surface area (Å²) in [6.45, 7) is 2.20. The fourth-order valence-electron chi connectivity index (χ4n) is 1.30. The van der Waals surface area contributed by atoms with E-state index in [0.717, 1.165) is 0 Å². The van der Waals surface area contributed by atoms with Crippen LogP contribution >= 0.6 is 0 Å². The number of nitrogens with one attached hydrogen (secondary N) is 1. The van der Waals surface area contributed by atoms with Crippen molar-refractivity contribution < 1.29 is 14.6 Å². The number of allylic oxidation sites excluding steroid dienone is 1. The van der Waals surface area contributed by atoms with Crippen LogP contribution in [0.15, 0.2) is 30.0 Å². The highest BCUT2D eigenvalue weighted by Gasteiger charge is 2.08. The Kier molecular flexibility index (Phi) is 4.94. The molecule has 0 heterocycles. The number of carbonyl (C=O) groups is 1. The monoisotopic (exact) mass is 257 g/mol. The van der Waals surface area contributed by atoms with E-state index in [1.165, 1.54) is 24.4 Å². The lowest BCUT2D eigenvalue weighted by Crippen LogP contribution is -2.02. The first-order valence-electron chi connectivity index (χ1n) is 5.39. The zero-order valence-corrected chi connectivity index (χ0v) is 10.2. The van der Waals surface area contributed by atoms with Gasteiger partial charge in [0, 0.05) is 6.20 Å². The van der Waals surface area contributed by atoms with E-state index in [-0.39, 0.29) is 11.1 Å². The number of hydrogen-bond donors (Lipinski definition) is 2. The van der Waals surface area contributed by atoms with Crippen LogP contribution in [-0.4, -0.2) is 17.7 Å². The number of nitrogens with zero attached hydrogens (tertiary/aromatic N) is 2. The number of carboxylic acid groups (broad SMARTS) is 1. The van der Waals surface area contributed by atoms with Crippen LogP contribution in [0.2, 0.25) is 0 Å². The van der Waals surface area contributed by atoms with E-state index in [1.54, 1.807) is 19.1 Å². The quantitative estimate of drug-likeness (QED) is 0.782. The number of benzene rings is 1. The standard InChI is InChI=1S/C13H11N3O3/c1-2-19-12-4-3-10(13(17)18)5-11(12)16-8-9(6-14)7-15/h3-5,8,16H,2H2,1H3,(H,17,18). The summed E-state index contributed by atoms with van der Waals surface area (Å²) >= 11 is 0. The maximum atomic E-state index is 10.9. The zero-order chi connectivity index (χ0) is 14.3. The molecule has 1 aromatic carbocycles. The second-order valence-corrected chi connectivity index (χ2v) is 3.38. The largest absolute Gasteiger partial charge is 0.492 e. The van der Waals surface area contributed by atoms with Crippen LogP contribution in [0.3, 0.4) is 0 Å². The van der Waals surface area contributed by atoms with Gasteiger partial charge in [0.25, 0.3) is 0 Å². The minimum Gasteiger partial charge on any atom is -0.492 e. The van der Waals surface area contributed by atoms with Crippen LogP contribution in [0, 0.1) is 22.7 Å². The maximum Gasteiger partial charge on any atom is 0.335 e. The Morgan fingerprint density at radius 1 is 1.47 bits per heavy atom. The molecule has 0 radical (unpaired) electrons. The summed E-state index contributed by atoms with van der Waals surface area (Å²) in [7, 11) is 0. The van der Waals surface area contributed by atoms with Crippen LogP contribution in [0.25, 0.3) is 0 Å². The number of carboxylic acids is 1. The van der Waals surface area contributed by atoms with Crippen molar-refractivity contribution in [3.63, 3.8) is 0 Å². The lowest BCUT2D eigenvalue weighted by molar-refractivity contribution is 0.0697. The highest BCUT2D eigenvalue weighted by Crippen LogP contribution is 2.26. The third-order valence-corrected chi connectivity index (χ3v) is 2.14. The van der Waals surface area contributed by atoms with Crippen molar-refractivity contribution >= 4 is 11.7 Å². The van der Waals surface area contributed by atoms with Gasteiger partial charge in [-0.25, -0.2) is 4.79 Å². The summed E-state index contributed by atoms with van der Waals surface area (Å²) in [4.78, 5) is 10.9. The highest BCUT2D eigenvalue weighted by atomic mass is 16.5. The van der Waals surface area contributed by atoms with Crippen molar-refractivity contribution in [2.24, 2.45) is 0 Å². The predicted molar refractivity (Wildman–Crippen MR) is 67.5 cm³/mol. The lowest BCUT2D eigenvalue weighted by atomic mass is 10.2. The summed E-state index contributed by atoms with van der Waals surface area (Å²) in [5, 5.41) is 28.8. The smallest absolute Gasteiger partial charge is 0.335 e. The zero-order valence-electron chi connectivity index (χ0n) is 10.2. The second kappa shape index (κ2) is 6.67. The average Bonchev–Trinajstić information content (AvgIpc) is 2.41. The summed E-state index contributed by atoms with van der Waals surface area (Å²) in [6.07, 6.45) is 1.20. The molecule has 19 heavy (non-hydrogen) atoms. The van der Waals surface area contributed by atoms with E-state index in [1.807, 2.05) is 0 Å². The van der Waals surface area contributed by atoms with Gasteiger partial charge in [-0.3, -0.25) is 0 Å². The Bertz CT molecular complexity index is 578. The third kappa shape index (κ3) is 3.76. The molecule has 0 saturated carbocycles. The fourth-order valence-corrected chi connectivity index (χ4v) is 1.30. The van der Waals surface area contributed by atoms with Crippen molar-refractivity contribution in [1.82, 2.24) is 0 Å². The summed E-state index contributed by atoms with van der Waals surface area (Å²) in [6, 6.07) is 7.68. The Morgan fingerprint density at radius 2 is 2.16 bits per heavy atom. The Hall–Kier alpha value is -2.99. The number of hydrogen-bond acceptors (Lipinski definition) is 5. The molecule has 0 atom stereocenters. The molecule has 0 spiro atoms.